The third-order valence-corrected chi connectivity index (χ3v) is 7.49. The van der Waals surface area contributed by atoms with Crippen molar-refractivity contribution in [2.75, 3.05) is 42.7 Å². The minimum atomic E-state index is -4.10. The lowest BCUT2D eigenvalue weighted by Crippen LogP contribution is -2.26. The molecule has 0 heterocycles. The van der Waals surface area contributed by atoms with Crippen molar-refractivity contribution in [2.24, 2.45) is 0 Å². The van der Waals surface area contributed by atoms with Gasteiger partial charge in [-0.25, -0.2) is 0 Å². The monoisotopic (exact) mass is 474 g/mol. The molecule has 33 heavy (non-hydrogen) atoms. The molecule has 9 heteroatoms. The van der Waals surface area contributed by atoms with Crippen molar-refractivity contribution in [1.82, 2.24) is 0 Å². The van der Waals surface area contributed by atoms with Crippen LogP contribution in [-0.4, -0.2) is 42.7 Å². The second-order valence-electron chi connectivity index (χ2n) is 6.66. The van der Waals surface area contributed by atoms with Crippen LogP contribution in [-0.2, 0) is 4.57 Å². The van der Waals surface area contributed by atoms with Gasteiger partial charge in [-0.05, 0) is 36.4 Å². The van der Waals surface area contributed by atoms with Crippen LogP contribution in [0.5, 0.6) is 40.2 Å². The van der Waals surface area contributed by atoms with Gasteiger partial charge in [0.2, 0.25) is 5.75 Å². The molecule has 0 spiro atoms. The van der Waals surface area contributed by atoms with Crippen LogP contribution >= 0.6 is 7.37 Å². The number of methoxy groups -OCH3 is 6. The molecule has 8 nitrogen and oxygen atoms in total. The first-order valence-corrected chi connectivity index (χ1v) is 11.5. The molecular formula is C24H27O8P. The first-order chi connectivity index (χ1) is 16.0. The minimum Gasteiger partial charge on any atom is -0.496 e. The molecular weight excluding hydrogens is 447 g/mol. The average Bonchev–Trinajstić information content (AvgIpc) is 2.87. The van der Waals surface area contributed by atoms with Gasteiger partial charge in [0, 0.05) is 0 Å². The van der Waals surface area contributed by atoms with Gasteiger partial charge in [-0.1, -0.05) is 18.2 Å². The summed E-state index contributed by atoms with van der Waals surface area (Å²) in [6.45, 7) is 0. The zero-order chi connectivity index (χ0) is 24.0. The Morgan fingerprint density at radius 1 is 0.485 bits per heavy atom. The molecule has 0 aromatic heterocycles. The summed E-state index contributed by atoms with van der Waals surface area (Å²) in [4.78, 5) is 0. The number of rotatable bonds is 10. The fraction of sp³-hybridized carbons (Fsp3) is 0.250. The van der Waals surface area contributed by atoms with Crippen molar-refractivity contribution in [1.29, 1.82) is 0 Å². The van der Waals surface area contributed by atoms with E-state index in [1.165, 1.54) is 42.7 Å². The van der Waals surface area contributed by atoms with E-state index in [-0.39, 0.29) is 16.4 Å². The fourth-order valence-corrected chi connectivity index (χ4v) is 6.15. The van der Waals surface area contributed by atoms with E-state index in [9.17, 15) is 0 Å². The normalized spacial score (nSPS) is 10.8. The maximum Gasteiger partial charge on any atom is 0.321 e. The van der Waals surface area contributed by atoms with Gasteiger partial charge in [-0.15, -0.1) is 0 Å². The molecule has 3 aromatic carbocycles. The largest absolute Gasteiger partial charge is 0.496 e. The third kappa shape index (κ3) is 4.39. The van der Waals surface area contributed by atoms with E-state index in [1.807, 2.05) is 0 Å². The Balaban J connectivity index is 2.46. The van der Waals surface area contributed by atoms with Crippen LogP contribution in [0.1, 0.15) is 0 Å². The summed E-state index contributed by atoms with van der Waals surface area (Å²) in [6.07, 6.45) is 0. The average molecular weight is 474 g/mol. The Morgan fingerprint density at radius 3 is 1.03 bits per heavy atom. The van der Waals surface area contributed by atoms with Gasteiger partial charge in [-0.2, -0.15) is 0 Å². The maximum atomic E-state index is 15.2. The summed E-state index contributed by atoms with van der Waals surface area (Å²) in [5.74, 6) is 2.03. The van der Waals surface area contributed by atoms with E-state index in [1.54, 1.807) is 54.6 Å². The van der Waals surface area contributed by atoms with Crippen LogP contribution in [0.15, 0.2) is 54.6 Å². The predicted molar refractivity (Wildman–Crippen MR) is 126 cm³/mol. The second-order valence-corrected chi connectivity index (χ2v) is 8.84. The van der Waals surface area contributed by atoms with Crippen molar-refractivity contribution in [2.45, 2.75) is 0 Å². The van der Waals surface area contributed by atoms with Gasteiger partial charge in [0.1, 0.15) is 33.6 Å². The molecule has 0 unspecified atom stereocenters. The molecule has 3 rings (SSSR count). The van der Waals surface area contributed by atoms with Crippen LogP contribution in [0, 0.1) is 0 Å². The summed E-state index contributed by atoms with van der Waals surface area (Å²) in [5, 5.41) is 0.400. The quantitative estimate of drug-likeness (QED) is 0.407. The van der Waals surface area contributed by atoms with Crippen LogP contribution in [0.2, 0.25) is 0 Å². The molecule has 0 fully saturated rings. The van der Waals surface area contributed by atoms with Crippen molar-refractivity contribution >= 4 is 18.0 Å². The predicted octanol–water partition coefficient (Wildman–Crippen LogP) is 4.05. The lowest BCUT2D eigenvalue weighted by atomic mass is 10.3. The molecule has 0 N–H and O–H groups in total. The summed E-state index contributed by atoms with van der Waals surface area (Å²) >= 11 is 0. The van der Waals surface area contributed by atoms with Gasteiger partial charge >= 0.3 is 7.37 Å². The Morgan fingerprint density at radius 2 is 0.758 bits per heavy atom. The van der Waals surface area contributed by atoms with E-state index >= 15 is 4.57 Å². The van der Waals surface area contributed by atoms with Crippen LogP contribution in [0.3, 0.4) is 0 Å². The Kier molecular flexibility index (Phi) is 7.61. The van der Waals surface area contributed by atoms with Gasteiger partial charge < -0.3 is 32.9 Å². The molecule has 3 aromatic rings. The summed E-state index contributed by atoms with van der Waals surface area (Å²) in [7, 11) is 4.78. The van der Waals surface area contributed by atoms with Gasteiger partial charge in [-0.3, -0.25) is 4.57 Å². The highest BCUT2D eigenvalue weighted by atomic mass is 31.2. The van der Waals surface area contributed by atoms with Gasteiger partial charge in [0.25, 0.3) is 0 Å². The van der Waals surface area contributed by atoms with E-state index in [0.717, 1.165) is 0 Å². The van der Waals surface area contributed by atoms with E-state index < -0.39 is 7.37 Å². The lowest BCUT2D eigenvalue weighted by molar-refractivity contribution is 0.360. The molecule has 0 aliphatic heterocycles. The first-order valence-electron chi connectivity index (χ1n) is 9.92. The van der Waals surface area contributed by atoms with Crippen LogP contribution in [0.4, 0.5) is 0 Å². The molecule has 0 radical (unpaired) electrons. The summed E-state index contributed by atoms with van der Waals surface area (Å²) in [6, 6.07) is 15.3. The summed E-state index contributed by atoms with van der Waals surface area (Å²) < 4.78 is 54.8. The van der Waals surface area contributed by atoms with Gasteiger partial charge in [0.05, 0.1) is 42.7 Å². The zero-order valence-electron chi connectivity index (χ0n) is 19.4. The first kappa shape index (κ1) is 24.1. The van der Waals surface area contributed by atoms with Crippen molar-refractivity contribution in [3.63, 3.8) is 0 Å². The van der Waals surface area contributed by atoms with Gasteiger partial charge in [0.15, 0.2) is 11.5 Å². The molecule has 0 saturated heterocycles. The van der Waals surface area contributed by atoms with Crippen molar-refractivity contribution < 1.29 is 37.5 Å². The number of hydrogen-bond acceptors (Lipinski definition) is 8. The smallest absolute Gasteiger partial charge is 0.321 e. The highest BCUT2D eigenvalue weighted by Gasteiger charge is 2.43. The molecule has 0 saturated carbocycles. The molecule has 0 aliphatic carbocycles. The van der Waals surface area contributed by atoms with Crippen molar-refractivity contribution in [3.8, 4) is 40.2 Å². The Bertz CT molecular complexity index is 1030. The highest BCUT2D eigenvalue weighted by Crippen LogP contribution is 2.57. The third-order valence-electron chi connectivity index (χ3n) is 4.99. The SMILES string of the molecule is COc1cccc(OC)c1OP(=O)(c1c(OC)cccc1OC)c1c(OC)cccc1OC. The van der Waals surface area contributed by atoms with E-state index in [0.29, 0.717) is 34.5 Å². The molecule has 0 bridgehead atoms. The maximum absolute atomic E-state index is 15.2. The zero-order valence-corrected chi connectivity index (χ0v) is 20.3. The summed E-state index contributed by atoms with van der Waals surface area (Å²) in [5.41, 5.74) is 0. The van der Waals surface area contributed by atoms with E-state index in [2.05, 4.69) is 0 Å². The molecule has 0 amide bonds. The highest BCUT2D eigenvalue weighted by molar-refractivity contribution is 7.75. The standard InChI is InChI=1S/C24H27O8P/c1-26-16-10-7-11-17(27-2)22(16)32-33(25,23-18(28-3)12-8-13-19(23)29-4)24-20(30-5)14-9-15-21(24)31-6/h7-15H,1-6H3. The fourth-order valence-electron chi connectivity index (χ4n) is 3.48. The number of hydrogen-bond donors (Lipinski definition) is 0. The van der Waals surface area contributed by atoms with E-state index in [4.69, 9.17) is 32.9 Å². The van der Waals surface area contributed by atoms with Crippen molar-refractivity contribution in [3.05, 3.63) is 54.6 Å². The Labute approximate surface area is 193 Å². The number of para-hydroxylation sites is 1. The molecule has 0 aliphatic rings. The number of benzene rings is 3. The molecule has 176 valence electrons. The lowest BCUT2D eigenvalue weighted by Gasteiger charge is -2.27. The topological polar surface area (TPSA) is 81.7 Å². The Hall–Kier alpha value is -3.51. The van der Waals surface area contributed by atoms with Crippen LogP contribution < -0.4 is 43.6 Å². The number of ether oxygens (including phenoxy) is 6. The van der Waals surface area contributed by atoms with Crippen LogP contribution in [0.25, 0.3) is 0 Å². The second kappa shape index (κ2) is 10.4. The minimum absolute atomic E-state index is 0.145. The molecule has 0 atom stereocenters.